The third-order valence-electron chi connectivity index (χ3n) is 3.80. The standard InChI is InChI=1S/C19H25NO3/c1-19(2,3)17-7-5-16(6-8-17)18(21)20(10-12-22-4)13-15-9-11-23-14-15/h5-9,11,14H,10,12-13H2,1-4H3. The zero-order valence-corrected chi connectivity index (χ0v) is 14.3. The van der Waals surface area contributed by atoms with Crippen LogP contribution in [0.3, 0.4) is 0 Å². The Morgan fingerprint density at radius 2 is 1.87 bits per heavy atom. The molecule has 4 heteroatoms. The highest BCUT2D eigenvalue weighted by molar-refractivity contribution is 5.94. The molecule has 0 spiro atoms. The fourth-order valence-electron chi connectivity index (χ4n) is 2.35. The summed E-state index contributed by atoms with van der Waals surface area (Å²) in [5, 5.41) is 0. The normalized spacial score (nSPS) is 11.5. The number of carbonyl (C=O) groups is 1. The maximum Gasteiger partial charge on any atom is 0.254 e. The van der Waals surface area contributed by atoms with E-state index in [1.807, 2.05) is 30.3 Å². The van der Waals surface area contributed by atoms with Gasteiger partial charge in [0.1, 0.15) is 0 Å². The van der Waals surface area contributed by atoms with Crippen LogP contribution in [-0.4, -0.2) is 31.1 Å². The van der Waals surface area contributed by atoms with Crippen molar-refractivity contribution in [3.8, 4) is 0 Å². The summed E-state index contributed by atoms with van der Waals surface area (Å²) < 4.78 is 10.2. The van der Waals surface area contributed by atoms with E-state index in [2.05, 4.69) is 20.8 Å². The fourth-order valence-corrected chi connectivity index (χ4v) is 2.35. The van der Waals surface area contributed by atoms with Gasteiger partial charge < -0.3 is 14.1 Å². The second-order valence-corrected chi connectivity index (χ2v) is 6.68. The smallest absolute Gasteiger partial charge is 0.254 e. The summed E-state index contributed by atoms with van der Waals surface area (Å²) in [5.74, 6) is 0.00343. The molecule has 0 aliphatic rings. The number of carbonyl (C=O) groups excluding carboxylic acids is 1. The number of ether oxygens (including phenoxy) is 1. The Morgan fingerprint density at radius 1 is 1.17 bits per heavy atom. The Hall–Kier alpha value is -2.07. The molecule has 0 fully saturated rings. The van der Waals surface area contributed by atoms with Gasteiger partial charge in [0.15, 0.2) is 0 Å². The Morgan fingerprint density at radius 3 is 2.39 bits per heavy atom. The molecule has 0 unspecified atom stereocenters. The van der Waals surface area contributed by atoms with Gasteiger partial charge in [0.2, 0.25) is 0 Å². The first kappa shape index (κ1) is 17.3. The van der Waals surface area contributed by atoms with Gasteiger partial charge in [-0.15, -0.1) is 0 Å². The molecule has 0 saturated carbocycles. The lowest BCUT2D eigenvalue weighted by atomic mass is 9.86. The molecule has 0 aliphatic carbocycles. The second kappa shape index (κ2) is 7.47. The van der Waals surface area contributed by atoms with Crippen molar-refractivity contribution in [2.75, 3.05) is 20.3 Å². The predicted molar refractivity (Wildman–Crippen MR) is 90.5 cm³/mol. The van der Waals surface area contributed by atoms with Gasteiger partial charge in [-0.2, -0.15) is 0 Å². The maximum absolute atomic E-state index is 12.8. The van der Waals surface area contributed by atoms with Gasteiger partial charge in [0, 0.05) is 31.3 Å². The van der Waals surface area contributed by atoms with E-state index >= 15 is 0 Å². The summed E-state index contributed by atoms with van der Waals surface area (Å²) >= 11 is 0. The molecule has 0 saturated heterocycles. The lowest BCUT2D eigenvalue weighted by Crippen LogP contribution is -2.33. The minimum absolute atomic E-state index is 0.00343. The molecule has 0 bridgehead atoms. The summed E-state index contributed by atoms with van der Waals surface area (Å²) in [4.78, 5) is 14.6. The number of furan rings is 1. The van der Waals surface area contributed by atoms with E-state index in [1.165, 1.54) is 5.56 Å². The van der Waals surface area contributed by atoms with Gasteiger partial charge in [0.05, 0.1) is 19.1 Å². The van der Waals surface area contributed by atoms with Crippen LogP contribution in [-0.2, 0) is 16.7 Å². The highest BCUT2D eigenvalue weighted by Gasteiger charge is 2.18. The van der Waals surface area contributed by atoms with Crippen LogP contribution < -0.4 is 0 Å². The Labute approximate surface area is 138 Å². The van der Waals surface area contributed by atoms with E-state index in [1.54, 1.807) is 24.5 Å². The lowest BCUT2D eigenvalue weighted by Gasteiger charge is -2.23. The van der Waals surface area contributed by atoms with E-state index in [0.717, 1.165) is 5.56 Å². The zero-order chi connectivity index (χ0) is 16.9. The van der Waals surface area contributed by atoms with Crippen LogP contribution in [0, 0.1) is 0 Å². The minimum Gasteiger partial charge on any atom is -0.472 e. The van der Waals surface area contributed by atoms with E-state index in [4.69, 9.17) is 9.15 Å². The maximum atomic E-state index is 12.8. The number of methoxy groups -OCH3 is 1. The topological polar surface area (TPSA) is 42.7 Å². The molecular formula is C19H25NO3. The summed E-state index contributed by atoms with van der Waals surface area (Å²) in [7, 11) is 1.64. The van der Waals surface area contributed by atoms with Crippen LogP contribution in [0.15, 0.2) is 47.3 Å². The molecule has 0 atom stereocenters. The predicted octanol–water partition coefficient (Wildman–Crippen LogP) is 3.87. The van der Waals surface area contributed by atoms with E-state index in [-0.39, 0.29) is 11.3 Å². The van der Waals surface area contributed by atoms with Crippen molar-refractivity contribution >= 4 is 5.91 Å². The van der Waals surface area contributed by atoms with E-state index in [0.29, 0.717) is 25.3 Å². The monoisotopic (exact) mass is 315 g/mol. The van der Waals surface area contributed by atoms with Gasteiger partial charge in [-0.3, -0.25) is 4.79 Å². The minimum atomic E-state index is 0.00343. The lowest BCUT2D eigenvalue weighted by molar-refractivity contribution is 0.0680. The SMILES string of the molecule is COCCN(Cc1ccoc1)C(=O)c1ccc(C(C)(C)C)cc1. The first-order valence-electron chi connectivity index (χ1n) is 7.81. The number of hydrogen-bond donors (Lipinski definition) is 0. The summed E-state index contributed by atoms with van der Waals surface area (Å²) in [5.41, 5.74) is 2.96. The van der Waals surface area contributed by atoms with Crippen molar-refractivity contribution in [2.24, 2.45) is 0 Å². The van der Waals surface area contributed by atoms with Crippen LogP contribution >= 0.6 is 0 Å². The number of benzene rings is 1. The summed E-state index contributed by atoms with van der Waals surface area (Å²) in [6, 6.07) is 9.73. The van der Waals surface area contributed by atoms with Crippen molar-refractivity contribution in [2.45, 2.75) is 32.7 Å². The van der Waals surface area contributed by atoms with E-state index < -0.39 is 0 Å². The molecular weight excluding hydrogens is 290 g/mol. The van der Waals surface area contributed by atoms with Crippen LogP contribution in [0.1, 0.15) is 42.3 Å². The molecule has 1 heterocycles. The third-order valence-corrected chi connectivity index (χ3v) is 3.80. The zero-order valence-electron chi connectivity index (χ0n) is 14.3. The average molecular weight is 315 g/mol. The molecule has 1 aromatic carbocycles. The molecule has 2 rings (SSSR count). The Bertz CT molecular complexity index is 609. The summed E-state index contributed by atoms with van der Waals surface area (Å²) in [6.07, 6.45) is 3.28. The van der Waals surface area contributed by atoms with Crippen LogP contribution in [0.5, 0.6) is 0 Å². The van der Waals surface area contributed by atoms with Gasteiger partial charge in [-0.25, -0.2) is 0 Å². The van der Waals surface area contributed by atoms with Crippen molar-refractivity contribution < 1.29 is 13.9 Å². The quantitative estimate of drug-likeness (QED) is 0.813. The Balaban J connectivity index is 2.15. The average Bonchev–Trinajstić information content (AvgIpc) is 3.03. The first-order valence-corrected chi connectivity index (χ1v) is 7.81. The number of hydrogen-bond acceptors (Lipinski definition) is 3. The van der Waals surface area contributed by atoms with Gasteiger partial charge in [-0.1, -0.05) is 32.9 Å². The molecule has 0 aliphatic heterocycles. The van der Waals surface area contributed by atoms with Crippen LogP contribution in [0.2, 0.25) is 0 Å². The molecule has 23 heavy (non-hydrogen) atoms. The fraction of sp³-hybridized carbons (Fsp3) is 0.421. The Kier molecular flexibility index (Phi) is 5.61. The van der Waals surface area contributed by atoms with Gasteiger partial charge in [0.25, 0.3) is 5.91 Å². The van der Waals surface area contributed by atoms with Crippen molar-refractivity contribution in [3.63, 3.8) is 0 Å². The van der Waals surface area contributed by atoms with Crippen LogP contribution in [0.25, 0.3) is 0 Å². The van der Waals surface area contributed by atoms with Crippen LogP contribution in [0.4, 0.5) is 0 Å². The number of rotatable bonds is 6. The summed E-state index contributed by atoms with van der Waals surface area (Å²) in [6.45, 7) is 8.04. The molecule has 4 nitrogen and oxygen atoms in total. The largest absolute Gasteiger partial charge is 0.472 e. The second-order valence-electron chi connectivity index (χ2n) is 6.68. The van der Waals surface area contributed by atoms with Gasteiger partial charge in [-0.05, 0) is 29.2 Å². The first-order chi connectivity index (χ1) is 10.9. The number of amides is 1. The highest BCUT2D eigenvalue weighted by atomic mass is 16.5. The molecule has 0 radical (unpaired) electrons. The molecule has 0 N–H and O–H groups in total. The van der Waals surface area contributed by atoms with Crippen molar-refractivity contribution in [1.82, 2.24) is 4.90 Å². The molecule has 2 aromatic rings. The van der Waals surface area contributed by atoms with Crippen molar-refractivity contribution in [1.29, 1.82) is 0 Å². The van der Waals surface area contributed by atoms with E-state index in [9.17, 15) is 4.79 Å². The molecule has 1 amide bonds. The van der Waals surface area contributed by atoms with Gasteiger partial charge >= 0.3 is 0 Å². The molecule has 1 aromatic heterocycles. The van der Waals surface area contributed by atoms with Crippen molar-refractivity contribution in [3.05, 3.63) is 59.5 Å². The molecule has 124 valence electrons. The third kappa shape index (κ3) is 4.70. The highest BCUT2D eigenvalue weighted by Crippen LogP contribution is 2.22. The number of nitrogens with zero attached hydrogens (tertiary/aromatic N) is 1.